The van der Waals surface area contributed by atoms with Gasteiger partial charge in [0.1, 0.15) is 29.1 Å². The molecule has 3 heterocycles. The molecule has 0 radical (unpaired) electrons. The Morgan fingerprint density at radius 3 is 2.50 bits per heavy atom. The van der Waals surface area contributed by atoms with E-state index in [4.69, 9.17) is 9.84 Å². The molecule has 38 heavy (non-hydrogen) atoms. The van der Waals surface area contributed by atoms with Gasteiger partial charge in [-0.2, -0.15) is 13.2 Å². The summed E-state index contributed by atoms with van der Waals surface area (Å²) in [5, 5.41) is 10.5. The molecule has 2 amide bonds. The summed E-state index contributed by atoms with van der Waals surface area (Å²) in [5.41, 5.74) is -2.63. The second kappa shape index (κ2) is 9.72. The second-order valence-electron chi connectivity index (χ2n) is 8.18. The fourth-order valence-electron chi connectivity index (χ4n) is 3.80. The van der Waals surface area contributed by atoms with E-state index in [1.165, 1.54) is 6.92 Å². The fraction of sp³-hybridized carbons (Fsp3) is 0.261. The highest BCUT2D eigenvalue weighted by Crippen LogP contribution is 2.26. The SMILES string of the molecule is CC[C@@H](NC(=O)c1cn(-c2ccc(F)cc2F)c2nc(N3C[C@@H](C(=O)O)OC3=O)ccc2c1=O)C(F)(F)F. The normalized spacial score (nSPS) is 16.4. The molecule has 0 unspecified atom stereocenters. The zero-order valence-electron chi connectivity index (χ0n) is 19.3. The number of carbonyl (C=O) groups is 3. The third kappa shape index (κ3) is 4.86. The first-order valence-electron chi connectivity index (χ1n) is 10.9. The third-order valence-electron chi connectivity index (χ3n) is 5.72. The lowest BCUT2D eigenvalue weighted by atomic mass is 10.1. The summed E-state index contributed by atoms with van der Waals surface area (Å²) in [7, 11) is 0. The molecule has 2 aromatic heterocycles. The molecule has 4 rings (SSSR count). The van der Waals surface area contributed by atoms with Crippen LogP contribution in [0.4, 0.5) is 32.6 Å². The highest BCUT2D eigenvalue weighted by Gasteiger charge is 2.40. The number of alkyl halides is 3. The van der Waals surface area contributed by atoms with Crippen molar-refractivity contribution in [2.75, 3.05) is 11.4 Å². The number of carbonyl (C=O) groups excluding carboxylic acids is 2. The van der Waals surface area contributed by atoms with Crippen LogP contribution in [0.5, 0.6) is 0 Å². The number of aliphatic carboxylic acids is 1. The van der Waals surface area contributed by atoms with Crippen molar-refractivity contribution in [1.29, 1.82) is 0 Å². The lowest BCUT2D eigenvalue weighted by molar-refractivity contribution is -0.153. The Bertz CT molecular complexity index is 1520. The molecule has 0 saturated carbocycles. The molecule has 15 heteroatoms. The van der Waals surface area contributed by atoms with Gasteiger partial charge in [-0.15, -0.1) is 0 Å². The number of carboxylic acid groups (broad SMARTS) is 1. The Kier molecular flexibility index (Phi) is 6.78. The number of benzene rings is 1. The van der Waals surface area contributed by atoms with Crippen molar-refractivity contribution in [2.24, 2.45) is 0 Å². The van der Waals surface area contributed by atoms with E-state index in [0.717, 1.165) is 39.9 Å². The van der Waals surface area contributed by atoms with Crippen LogP contribution in [0.2, 0.25) is 0 Å². The highest BCUT2D eigenvalue weighted by molar-refractivity contribution is 5.98. The van der Waals surface area contributed by atoms with Crippen LogP contribution in [-0.4, -0.2) is 57.5 Å². The van der Waals surface area contributed by atoms with Gasteiger partial charge in [0.05, 0.1) is 17.6 Å². The van der Waals surface area contributed by atoms with Crippen LogP contribution in [0, 0.1) is 11.6 Å². The number of cyclic esters (lactones) is 1. The smallest absolute Gasteiger partial charge is 0.416 e. The summed E-state index contributed by atoms with van der Waals surface area (Å²) in [6, 6.07) is 2.22. The molecule has 2 N–H and O–H groups in total. The van der Waals surface area contributed by atoms with E-state index in [1.54, 1.807) is 5.32 Å². The Hall–Kier alpha value is -4.56. The zero-order chi connectivity index (χ0) is 27.9. The summed E-state index contributed by atoms with van der Waals surface area (Å²) in [6.07, 6.45) is -7.17. The topological polar surface area (TPSA) is 131 Å². The number of pyridine rings is 2. The molecule has 0 aliphatic carbocycles. The molecule has 10 nitrogen and oxygen atoms in total. The van der Waals surface area contributed by atoms with Gasteiger partial charge in [0.2, 0.25) is 11.5 Å². The van der Waals surface area contributed by atoms with Crippen LogP contribution in [0.3, 0.4) is 0 Å². The Balaban J connectivity index is 1.91. The van der Waals surface area contributed by atoms with Gasteiger partial charge >= 0.3 is 18.2 Å². The molecule has 1 fully saturated rings. The molecule has 200 valence electrons. The number of rotatable bonds is 6. The van der Waals surface area contributed by atoms with Gasteiger partial charge in [-0.25, -0.2) is 23.4 Å². The first kappa shape index (κ1) is 26.5. The molecule has 0 bridgehead atoms. The van der Waals surface area contributed by atoms with E-state index in [1.807, 2.05) is 0 Å². The number of halogens is 5. The van der Waals surface area contributed by atoms with Crippen molar-refractivity contribution in [3.8, 4) is 5.69 Å². The molecule has 3 aromatic rings. The molecule has 0 spiro atoms. The summed E-state index contributed by atoms with van der Waals surface area (Å²) >= 11 is 0. The van der Waals surface area contributed by atoms with Gasteiger partial charge in [-0.1, -0.05) is 6.92 Å². The van der Waals surface area contributed by atoms with Crippen molar-refractivity contribution < 1.29 is 46.2 Å². The number of ether oxygens (including phenoxy) is 1. The number of aromatic nitrogens is 2. The summed E-state index contributed by atoms with van der Waals surface area (Å²) in [6.45, 7) is 0.729. The third-order valence-corrected chi connectivity index (χ3v) is 5.72. The van der Waals surface area contributed by atoms with Gasteiger partial charge in [0.25, 0.3) is 5.91 Å². The number of fused-ring (bicyclic) bond motifs is 1. The predicted octanol–water partition coefficient (Wildman–Crippen LogP) is 3.14. The first-order valence-corrected chi connectivity index (χ1v) is 10.9. The predicted molar refractivity (Wildman–Crippen MR) is 120 cm³/mol. The minimum atomic E-state index is -4.81. The number of anilines is 1. The van der Waals surface area contributed by atoms with Gasteiger partial charge in [0.15, 0.2) is 5.65 Å². The van der Waals surface area contributed by atoms with Crippen LogP contribution in [0.25, 0.3) is 16.7 Å². The number of nitrogens with zero attached hydrogens (tertiary/aromatic N) is 3. The Morgan fingerprint density at radius 2 is 1.92 bits per heavy atom. The van der Waals surface area contributed by atoms with E-state index >= 15 is 0 Å². The van der Waals surface area contributed by atoms with Crippen molar-refractivity contribution in [3.05, 3.63) is 63.9 Å². The summed E-state index contributed by atoms with van der Waals surface area (Å²) < 4.78 is 73.5. The van der Waals surface area contributed by atoms with E-state index in [2.05, 4.69) is 4.98 Å². The van der Waals surface area contributed by atoms with Crippen molar-refractivity contribution >= 4 is 34.8 Å². The molecule has 1 aliphatic rings. The van der Waals surface area contributed by atoms with Crippen LogP contribution < -0.4 is 15.6 Å². The summed E-state index contributed by atoms with van der Waals surface area (Å²) in [5.74, 6) is -5.15. The molecular formula is C23H17F5N4O6. The maximum absolute atomic E-state index is 14.8. The fourth-order valence-corrected chi connectivity index (χ4v) is 3.80. The van der Waals surface area contributed by atoms with Crippen LogP contribution in [0.15, 0.2) is 41.3 Å². The largest absolute Gasteiger partial charge is 0.478 e. The second-order valence-corrected chi connectivity index (χ2v) is 8.18. The van der Waals surface area contributed by atoms with Crippen LogP contribution >= 0.6 is 0 Å². The number of nitrogens with one attached hydrogen (secondary N) is 1. The van der Waals surface area contributed by atoms with Gasteiger partial charge < -0.3 is 15.2 Å². The molecule has 1 aliphatic heterocycles. The number of hydrogen-bond acceptors (Lipinski definition) is 6. The maximum atomic E-state index is 14.8. The van der Waals surface area contributed by atoms with Crippen molar-refractivity contribution in [1.82, 2.24) is 14.9 Å². The molecule has 1 aromatic carbocycles. The monoisotopic (exact) mass is 540 g/mol. The number of carboxylic acids is 1. The lowest BCUT2D eigenvalue weighted by Gasteiger charge is -2.21. The van der Waals surface area contributed by atoms with Gasteiger partial charge in [-0.3, -0.25) is 19.1 Å². The first-order chi connectivity index (χ1) is 17.8. The average molecular weight is 540 g/mol. The maximum Gasteiger partial charge on any atom is 0.416 e. The highest BCUT2D eigenvalue weighted by atomic mass is 19.4. The Labute approximate surface area is 209 Å². The molecule has 2 atom stereocenters. The number of hydrogen-bond donors (Lipinski definition) is 2. The number of amides is 2. The van der Waals surface area contributed by atoms with E-state index in [9.17, 15) is 41.1 Å². The quantitative estimate of drug-likeness (QED) is 0.460. The minimum absolute atomic E-state index is 0.206. The van der Waals surface area contributed by atoms with Gasteiger partial charge in [0, 0.05) is 12.3 Å². The zero-order valence-corrected chi connectivity index (χ0v) is 19.3. The van der Waals surface area contributed by atoms with Gasteiger partial charge in [-0.05, 0) is 30.7 Å². The average Bonchev–Trinajstić information content (AvgIpc) is 3.24. The lowest BCUT2D eigenvalue weighted by Crippen LogP contribution is -2.46. The Morgan fingerprint density at radius 1 is 1.21 bits per heavy atom. The van der Waals surface area contributed by atoms with Crippen molar-refractivity contribution in [2.45, 2.75) is 31.7 Å². The minimum Gasteiger partial charge on any atom is -0.478 e. The van der Waals surface area contributed by atoms with E-state index < -0.39 is 77.6 Å². The molecular weight excluding hydrogens is 523 g/mol. The van der Waals surface area contributed by atoms with Crippen molar-refractivity contribution in [3.63, 3.8) is 0 Å². The van der Waals surface area contributed by atoms with Crippen LogP contribution in [-0.2, 0) is 9.53 Å². The van der Waals surface area contributed by atoms with E-state index in [-0.39, 0.29) is 16.9 Å². The van der Waals surface area contributed by atoms with E-state index in [0.29, 0.717) is 6.07 Å². The molecule has 1 saturated heterocycles. The summed E-state index contributed by atoms with van der Waals surface area (Å²) in [4.78, 5) is 54.2. The standard InChI is InChI=1S/C23H17F5N4O6/c1-2-16(23(26,27)28)29-20(34)12-8-31(14-5-3-10(24)7-13(14)25)19-11(18(12)33)4-6-17(30-19)32-9-15(21(35)36)38-22(32)37/h3-8,15-16H,2,9H2,1H3,(H,29,34)(H,35,36)/t15-,16+/m0/s1. The van der Waals surface area contributed by atoms with Crippen LogP contribution in [0.1, 0.15) is 23.7 Å².